The van der Waals surface area contributed by atoms with Gasteiger partial charge in [-0.2, -0.15) is 5.26 Å². The predicted molar refractivity (Wildman–Crippen MR) is 47.1 cm³/mol. The van der Waals surface area contributed by atoms with Crippen molar-refractivity contribution in [3.63, 3.8) is 0 Å². The Kier molecular flexibility index (Phi) is 2.74. The van der Waals surface area contributed by atoms with E-state index in [4.69, 9.17) is 16.9 Å². The molecule has 0 fully saturated rings. The van der Waals surface area contributed by atoms with Crippen LogP contribution in [0.4, 0.5) is 4.39 Å². The summed E-state index contributed by atoms with van der Waals surface area (Å²) in [5.41, 5.74) is 0.254. The van der Waals surface area contributed by atoms with Crippen molar-refractivity contribution in [2.24, 2.45) is 0 Å². The van der Waals surface area contributed by atoms with Gasteiger partial charge in [-0.05, 0) is 13.0 Å². The highest BCUT2D eigenvalue weighted by Crippen LogP contribution is 2.30. The van der Waals surface area contributed by atoms with Crippen LogP contribution in [0, 0.1) is 17.1 Å². The second-order valence-electron chi connectivity index (χ2n) is 2.68. The second-order valence-corrected chi connectivity index (χ2v) is 3.08. The zero-order valence-electron chi connectivity index (χ0n) is 6.88. The summed E-state index contributed by atoms with van der Waals surface area (Å²) in [4.78, 5) is 0. The molecule has 0 bridgehead atoms. The van der Waals surface area contributed by atoms with E-state index in [-0.39, 0.29) is 16.3 Å². The molecule has 0 radical (unpaired) electrons. The molecule has 1 aromatic carbocycles. The van der Waals surface area contributed by atoms with Crippen LogP contribution >= 0.6 is 11.6 Å². The molecule has 0 amide bonds. The zero-order valence-corrected chi connectivity index (χ0v) is 7.64. The highest BCUT2D eigenvalue weighted by Gasteiger charge is 2.12. The first-order valence-electron chi connectivity index (χ1n) is 3.63. The van der Waals surface area contributed by atoms with Gasteiger partial charge in [-0.25, -0.2) is 4.39 Å². The molecule has 1 aromatic rings. The molecule has 0 aromatic heterocycles. The van der Waals surface area contributed by atoms with Crippen LogP contribution in [-0.2, 0) is 0 Å². The maximum absolute atomic E-state index is 12.9. The van der Waals surface area contributed by atoms with E-state index < -0.39 is 11.7 Å². The summed E-state index contributed by atoms with van der Waals surface area (Å²) in [6, 6.07) is 4.07. The Morgan fingerprint density at radius 2 is 2.23 bits per heavy atom. The first-order chi connectivity index (χ1) is 6.06. The standard InChI is InChI=1S/C9H7ClFNO/c1-5(4-12)6-2-8(11)7(10)3-9(6)13/h2-3,5,13H,1H3. The molecule has 0 aliphatic heterocycles. The minimum Gasteiger partial charge on any atom is -0.508 e. The van der Waals surface area contributed by atoms with Gasteiger partial charge in [0.25, 0.3) is 0 Å². The summed E-state index contributed by atoms with van der Waals surface area (Å²) in [6.45, 7) is 1.57. The van der Waals surface area contributed by atoms with Gasteiger partial charge in [0.15, 0.2) is 0 Å². The molecule has 0 aliphatic rings. The van der Waals surface area contributed by atoms with Crippen LogP contribution in [0.25, 0.3) is 0 Å². The van der Waals surface area contributed by atoms with Gasteiger partial charge in [0, 0.05) is 11.6 Å². The lowest BCUT2D eigenvalue weighted by Crippen LogP contribution is -1.92. The number of nitrogens with zero attached hydrogens (tertiary/aromatic N) is 1. The Bertz CT molecular complexity index is 373. The van der Waals surface area contributed by atoms with Gasteiger partial charge in [-0.3, -0.25) is 0 Å². The Morgan fingerprint density at radius 1 is 1.62 bits per heavy atom. The summed E-state index contributed by atoms with van der Waals surface area (Å²) >= 11 is 5.42. The van der Waals surface area contributed by atoms with Crippen LogP contribution in [0.2, 0.25) is 5.02 Å². The molecule has 0 aliphatic carbocycles. The summed E-state index contributed by atoms with van der Waals surface area (Å²) < 4.78 is 12.9. The second kappa shape index (κ2) is 3.63. The third-order valence-electron chi connectivity index (χ3n) is 1.73. The molecule has 4 heteroatoms. The van der Waals surface area contributed by atoms with Crippen molar-refractivity contribution in [1.29, 1.82) is 5.26 Å². The fourth-order valence-corrected chi connectivity index (χ4v) is 1.13. The van der Waals surface area contributed by atoms with Crippen LogP contribution in [0.5, 0.6) is 5.75 Å². The molecule has 13 heavy (non-hydrogen) atoms. The highest BCUT2D eigenvalue weighted by molar-refractivity contribution is 6.30. The molecule has 1 N–H and O–H groups in total. The summed E-state index contributed by atoms with van der Waals surface area (Å²) in [5, 5.41) is 17.7. The number of halogens is 2. The monoisotopic (exact) mass is 199 g/mol. The average molecular weight is 200 g/mol. The van der Waals surface area contributed by atoms with Gasteiger partial charge >= 0.3 is 0 Å². The number of rotatable bonds is 1. The summed E-state index contributed by atoms with van der Waals surface area (Å²) in [6.07, 6.45) is 0. The van der Waals surface area contributed by atoms with E-state index in [1.165, 1.54) is 0 Å². The number of aromatic hydroxyl groups is 1. The number of phenols is 1. The summed E-state index contributed by atoms with van der Waals surface area (Å²) in [5.74, 6) is -1.33. The molecule has 0 spiro atoms. The molecular weight excluding hydrogens is 193 g/mol. The maximum atomic E-state index is 12.9. The van der Waals surface area contributed by atoms with Crippen molar-refractivity contribution >= 4 is 11.6 Å². The molecule has 2 nitrogen and oxygen atoms in total. The Balaban J connectivity index is 3.25. The maximum Gasteiger partial charge on any atom is 0.142 e. The first-order valence-corrected chi connectivity index (χ1v) is 4.01. The molecule has 1 atom stereocenters. The lowest BCUT2D eigenvalue weighted by atomic mass is 10.0. The van der Waals surface area contributed by atoms with E-state index in [2.05, 4.69) is 0 Å². The largest absolute Gasteiger partial charge is 0.508 e. The smallest absolute Gasteiger partial charge is 0.142 e. The van der Waals surface area contributed by atoms with E-state index in [9.17, 15) is 9.50 Å². The molecule has 0 heterocycles. The van der Waals surface area contributed by atoms with Crippen LogP contribution < -0.4 is 0 Å². The molecule has 68 valence electrons. The van der Waals surface area contributed by atoms with Gasteiger partial charge in [0.1, 0.15) is 11.6 Å². The van der Waals surface area contributed by atoms with Crippen molar-refractivity contribution in [2.45, 2.75) is 12.8 Å². The minimum absolute atomic E-state index is 0.147. The number of phenolic OH excluding ortho intramolecular Hbond substituents is 1. The molecular formula is C9H7ClFNO. The van der Waals surface area contributed by atoms with Crippen molar-refractivity contribution < 1.29 is 9.50 Å². The van der Waals surface area contributed by atoms with Crippen LogP contribution in [-0.4, -0.2) is 5.11 Å². The third-order valence-corrected chi connectivity index (χ3v) is 2.02. The fourth-order valence-electron chi connectivity index (χ4n) is 0.968. The topological polar surface area (TPSA) is 44.0 Å². The molecule has 0 saturated heterocycles. The average Bonchev–Trinajstić information content (AvgIpc) is 2.10. The highest BCUT2D eigenvalue weighted by atomic mass is 35.5. The lowest BCUT2D eigenvalue weighted by molar-refractivity contribution is 0.464. The van der Waals surface area contributed by atoms with Crippen molar-refractivity contribution in [3.05, 3.63) is 28.5 Å². The van der Waals surface area contributed by atoms with E-state index in [1.807, 2.05) is 6.07 Å². The van der Waals surface area contributed by atoms with Gasteiger partial charge < -0.3 is 5.11 Å². The molecule has 1 unspecified atom stereocenters. The molecule has 0 saturated carbocycles. The zero-order chi connectivity index (χ0) is 10.0. The number of hydrogen-bond acceptors (Lipinski definition) is 2. The van der Waals surface area contributed by atoms with Crippen molar-refractivity contribution in [1.82, 2.24) is 0 Å². The number of hydrogen-bond donors (Lipinski definition) is 1. The number of benzene rings is 1. The van der Waals surface area contributed by atoms with Gasteiger partial charge in [-0.15, -0.1) is 0 Å². The third kappa shape index (κ3) is 1.90. The van der Waals surface area contributed by atoms with Crippen molar-refractivity contribution in [3.8, 4) is 11.8 Å². The van der Waals surface area contributed by atoms with E-state index in [0.29, 0.717) is 0 Å². The lowest BCUT2D eigenvalue weighted by Gasteiger charge is -2.06. The SMILES string of the molecule is CC(C#N)c1cc(F)c(Cl)cc1O. The quantitative estimate of drug-likeness (QED) is 0.756. The Labute approximate surface area is 80.2 Å². The van der Waals surface area contributed by atoms with Crippen LogP contribution in [0.15, 0.2) is 12.1 Å². The fraction of sp³-hybridized carbons (Fsp3) is 0.222. The van der Waals surface area contributed by atoms with Gasteiger partial charge in [0.2, 0.25) is 0 Å². The van der Waals surface area contributed by atoms with E-state index >= 15 is 0 Å². The normalized spacial score (nSPS) is 12.2. The van der Waals surface area contributed by atoms with Gasteiger partial charge in [0.05, 0.1) is 17.0 Å². The predicted octanol–water partition coefficient (Wildman–Crippen LogP) is 2.81. The van der Waals surface area contributed by atoms with Gasteiger partial charge in [-0.1, -0.05) is 11.6 Å². The van der Waals surface area contributed by atoms with E-state index in [0.717, 1.165) is 12.1 Å². The number of nitriles is 1. The van der Waals surface area contributed by atoms with Crippen LogP contribution in [0.1, 0.15) is 18.4 Å². The van der Waals surface area contributed by atoms with E-state index in [1.54, 1.807) is 6.92 Å². The van der Waals surface area contributed by atoms with Crippen LogP contribution in [0.3, 0.4) is 0 Å². The van der Waals surface area contributed by atoms with Crippen molar-refractivity contribution in [2.75, 3.05) is 0 Å². The Hall–Kier alpha value is -1.27. The first kappa shape index (κ1) is 9.82. The minimum atomic E-state index is -0.628. The Morgan fingerprint density at radius 3 is 2.77 bits per heavy atom. The molecule has 1 rings (SSSR count). The summed E-state index contributed by atoms with van der Waals surface area (Å²) in [7, 11) is 0.